The molecule has 0 unspecified atom stereocenters. The van der Waals surface area contributed by atoms with Crippen LogP contribution in [0.1, 0.15) is 36.2 Å². The monoisotopic (exact) mass is 301 g/mol. The third-order valence-electron chi connectivity index (χ3n) is 2.79. The smallest absolute Gasteiger partial charge is 0.150 e. The summed E-state index contributed by atoms with van der Waals surface area (Å²) < 4.78 is 0. The van der Waals surface area contributed by atoms with Gasteiger partial charge in [-0.3, -0.25) is 4.79 Å². The average molecular weight is 301 g/mol. The van der Waals surface area contributed by atoms with Crippen molar-refractivity contribution in [3.8, 4) is 0 Å². The molecule has 2 aromatic rings. The minimum atomic E-state index is 0.541. The number of nitrogens with one attached hydrogen (secondary N) is 1. The van der Waals surface area contributed by atoms with Crippen molar-refractivity contribution in [1.82, 2.24) is 0 Å². The Morgan fingerprint density at radius 2 is 1.91 bits per heavy atom. The second-order valence-corrected chi connectivity index (χ2v) is 4.32. The molecule has 4 nitrogen and oxygen atoms in total. The molecule has 0 aliphatic heterocycles. The topological polar surface area (TPSA) is 81.4 Å². The third kappa shape index (κ3) is 5.89. The molecular weight excluding hydrogens is 278 g/mol. The molecule has 4 heteroatoms. The van der Waals surface area contributed by atoms with E-state index < -0.39 is 0 Å². The lowest BCUT2D eigenvalue weighted by molar-refractivity contribution is 0.112. The van der Waals surface area contributed by atoms with Gasteiger partial charge >= 0.3 is 0 Å². The summed E-state index contributed by atoms with van der Waals surface area (Å²) in [6.45, 7) is 3.73. The molecule has 0 spiro atoms. The maximum atomic E-state index is 10.6. The Labute approximate surface area is 131 Å². The Morgan fingerprint density at radius 3 is 2.36 bits per heavy atom. The quantitative estimate of drug-likeness (QED) is 0.453. The van der Waals surface area contributed by atoms with Crippen molar-refractivity contribution in [1.29, 1.82) is 5.41 Å². The van der Waals surface area contributed by atoms with E-state index in [0.29, 0.717) is 11.3 Å². The lowest BCUT2D eigenvalue weighted by Crippen LogP contribution is -1.93. The summed E-state index contributed by atoms with van der Waals surface area (Å²) in [6.07, 6.45) is 4.49. The van der Waals surface area contributed by atoms with Crippen LogP contribution in [0.2, 0.25) is 0 Å². The summed E-state index contributed by atoms with van der Waals surface area (Å²) in [5.41, 5.74) is 2.13. The van der Waals surface area contributed by atoms with Gasteiger partial charge in [-0.2, -0.15) is 0 Å². The first-order chi connectivity index (χ1) is 10.6. The number of aldehydes is 1. The average Bonchev–Trinajstić information content (AvgIpc) is 2.56. The molecule has 3 N–H and O–H groups in total. The molecule has 0 bridgehead atoms. The molecule has 2 rings (SSSR count). The highest BCUT2D eigenvalue weighted by Gasteiger charge is 2.02. The van der Waals surface area contributed by atoms with Gasteiger partial charge in [0.15, 0.2) is 0 Å². The molecular formula is C18H23NO3. The van der Waals surface area contributed by atoms with E-state index in [0.717, 1.165) is 42.4 Å². The van der Waals surface area contributed by atoms with Crippen molar-refractivity contribution in [2.45, 2.75) is 20.3 Å². The van der Waals surface area contributed by atoms with Crippen LogP contribution in [-0.4, -0.2) is 29.3 Å². The number of rotatable bonds is 3. The molecule has 0 amide bonds. The molecule has 0 saturated heterocycles. The zero-order valence-electron chi connectivity index (χ0n) is 13.2. The van der Waals surface area contributed by atoms with Gasteiger partial charge in [-0.25, -0.2) is 0 Å². The van der Waals surface area contributed by atoms with Crippen molar-refractivity contribution in [3.05, 3.63) is 59.9 Å². The van der Waals surface area contributed by atoms with E-state index in [9.17, 15) is 4.79 Å². The Morgan fingerprint density at radius 1 is 1.23 bits per heavy atom. The Kier molecular flexibility index (Phi) is 9.97. The van der Waals surface area contributed by atoms with E-state index in [-0.39, 0.29) is 0 Å². The molecule has 2 aromatic carbocycles. The van der Waals surface area contributed by atoms with E-state index in [1.807, 2.05) is 37.3 Å². The highest BCUT2D eigenvalue weighted by molar-refractivity contribution is 6.08. The van der Waals surface area contributed by atoms with E-state index in [1.165, 1.54) is 0 Å². The van der Waals surface area contributed by atoms with E-state index in [1.54, 1.807) is 19.1 Å². The summed E-state index contributed by atoms with van der Waals surface area (Å²) in [5.74, 6) is 0. The van der Waals surface area contributed by atoms with Crippen LogP contribution >= 0.6 is 0 Å². The number of aliphatic hydroxyl groups excluding tert-OH is 2. The number of benzene rings is 2. The van der Waals surface area contributed by atoms with Crippen LogP contribution in [0.3, 0.4) is 0 Å². The number of aliphatic hydroxyl groups is 2. The number of allylic oxidation sites excluding steroid dienone is 1. The number of carbonyl (C=O) groups is 1. The number of carbonyl (C=O) groups excluding carboxylic acids is 1. The standard InChI is InChI=1S/C13H11NO.C4H8O.CH4O/c1-9(14)12-4-2-3-11-7-10(8-15)5-6-13(11)12;1-2-3-4-5;1-2/h2-8,14H,1H3;3-5H,2H2,1H3;2H,1H3/b;4-3+;. The zero-order chi connectivity index (χ0) is 17.0. The van der Waals surface area contributed by atoms with Gasteiger partial charge in [-0.05, 0) is 30.2 Å². The van der Waals surface area contributed by atoms with Crippen LogP contribution in [0, 0.1) is 5.41 Å². The van der Waals surface area contributed by atoms with Crippen molar-refractivity contribution < 1.29 is 15.0 Å². The number of hydrogen-bond donors (Lipinski definition) is 3. The van der Waals surface area contributed by atoms with Gasteiger partial charge in [-0.15, -0.1) is 0 Å². The minimum absolute atomic E-state index is 0.541. The fourth-order valence-corrected chi connectivity index (χ4v) is 1.81. The molecule has 22 heavy (non-hydrogen) atoms. The Hall–Kier alpha value is -2.46. The SMILES string of the molecule is CC(=N)c1cccc2cc(C=O)ccc12.CC/C=C/O.CO. The second kappa shape index (κ2) is 11.2. The van der Waals surface area contributed by atoms with E-state index in [4.69, 9.17) is 15.6 Å². The summed E-state index contributed by atoms with van der Waals surface area (Å²) in [6, 6.07) is 11.3. The molecule has 0 atom stereocenters. The van der Waals surface area contributed by atoms with E-state index >= 15 is 0 Å². The lowest BCUT2D eigenvalue weighted by Gasteiger charge is -2.04. The zero-order valence-corrected chi connectivity index (χ0v) is 13.2. The van der Waals surface area contributed by atoms with Crippen LogP contribution in [0.15, 0.2) is 48.7 Å². The van der Waals surface area contributed by atoms with Crippen molar-refractivity contribution in [3.63, 3.8) is 0 Å². The summed E-state index contributed by atoms with van der Waals surface area (Å²) in [4.78, 5) is 10.6. The van der Waals surface area contributed by atoms with Gasteiger partial charge in [0.05, 0.1) is 6.26 Å². The largest absolute Gasteiger partial charge is 0.516 e. The first kappa shape index (κ1) is 19.5. The Bertz CT molecular complexity index is 633. The molecule has 0 aliphatic carbocycles. The molecule has 0 fully saturated rings. The normalized spacial score (nSPS) is 9.45. The van der Waals surface area contributed by atoms with Crippen LogP contribution in [0.25, 0.3) is 10.8 Å². The summed E-state index contributed by atoms with van der Waals surface area (Å²) >= 11 is 0. The number of fused-ring (bicyclic) bond motifs is 1. The highest BCUT2D eigenvalue weighted by atomic mass is 16.2. The van der Waals surface area contributed by atoms with Crippen LogP contribution in [-0.2, 0) is 0 Å². The Balaban J connectivity index is 0.000000540. The van der Waals surface area contributed by atoms with Gasteiger partial charge < -0.3 is 15.6 Å². The summed E-state index contributed by atoms with van der Waals surface area (Å²) in [5, 5.41) is 24.6. The molecule has 0 saturated carbocycles. The first-order valence-electron chi connectivity index (χ1n) is 6.91. The molecule has 0 aromatic heterocycles. The molecule has 0 heterocycles. The second-order valence-electron chi connectivity index (χ2n) is 4.32. The number of hydrogen-bond acceptors (Lipinski definition) is 4. The predicted molar refractivity (Wildman–Crippen MR) is 92.0 cm³/mol. The van der Waals surface area contributed by atoms with E-state index in [2.05, 4.69) is 0 Å². The molecule has 0 aliphatic rings. The maximum Gasteiger partial charge on any atom is 0.150 e. The lowest BCUT2D eigenvalue weighted by atomic mass is 10.00. The minimum Gasteiger partial charge on any atom is -0.516 e. The molecule has 118 valence electrons. The summed E-state index contributed by atoms with van der Waals surface area (Å²) in [7, 11) is 1.00. The van der Waals surface area contributed by atoms with Crippen molar-refractivity contribution in [2.24, 2.45) is 0 Å². The fourth-order valence-electron chi connectivity index (χ4n) is 1.81. The van der Waals surface area contributed by atoms with Crippen LogP contribution in [0.4, 0.5) is 0 Å². The van der Waals surface area contributed by atoms with Gasteiger partial charge in [0.25, 0.3) is 0 Å². The van der Waals surface area contributed by atoms with Crippen LogP contribution < -0.4 is 0 Å². The predicted octanol–water partition coefficient (Wildman–Crippen LogP) is 4.12. The highest BCUT2D eigenvalue weighted by Crippen LogP contribution is 2.20. The van der Waals surface area contributed by atoms with Gasteiger partial charge in [-0.1, -0.05) is 43.3 Å². The van der Waals surface area contributed by atoms with Gasteiger partial charge in [0.2, 0.25) is 0 Å². The third-order valence-corrected chi connectivity index (χ3v) is 2.79. The van der Waals surface area contributed by atoms with Crippen molar-refractivity contribution in [2.75, 3.05) is 7.11 Å². The van der Waals surface area contributed by atoms with Crippen LogP contribution in [0.5, 0.6) is 0 Å². The van der Waals surface area contributed by atoms with Gasteiger partial charge in [0.1, 0.15) is 6.29 Å². The van der Waals surface area contributed by atoms with Gasteiger partial charge in [0, 0.05) is 23.9 Å². The molecule has 0 radical (unpaired) electrons. The van der Waals surface area contributed by atoms with Crippen molar-refractivity contribution >= 4 is 22.8 Å². The maximum absolute atomic E-state index is 10.6. The first-order valence-corrected chi connectivity index (χ1v) is 6.91. The fraction of sp³-hybridized carbons (Fsp3) is 0.222.